The van der Waals surface area contributed by atoms with Crippen molar-refractivity contribution in [2.45, 2.75) is 12.1 Å². The highest BCUT2D eigenvalue weighted by molar-refractivity contribution is 6.30. The van der Waals surface area contributed by atoms with Gasteiger partial charge in [0.25, 0.3) is 0 Å². The topological polar surface area (TPSA) is 37.3 Å². The van der Waals surface area contributed by atoms with Gasteiger partial charge in [0.2, 0.25) is 0 Å². The second-order valence-electron chi connectivity index (χ2n) is 4.13. The molecule has 1 N–H and O–H groups in total. The average molecular weight is 350 g/mol. The smallest absolute Gasteiger partial charge is 0.416 e. The standard InChI is InChI=1S/C12H10Cl3F3O2/c13-4-9(10(5-14)11(19)20)6-1-7(12(16,17)18)3-8(15)2-6/h1-3,9-10H,4-5H2,(H,19,20). The van der Waals surface area contributed by atoms with Crippen LogP contribution >= 0.6 is 34.8 Å². The summed E-state index contributed by atoms with van der Waals surface area (Å²) in [7, 11) is 0. The van der Waals surface area contributed by atoms with Crippen LogP contribution in [-0.4, -0.2) is 22.8 Å². The number of halogens is 6. The van der Waals surface area contributed by atoms with Crippen LogP contribution in [0, 0.1) is 5.92 Å². The van der Waals surface area contributed by atoms with E-state index in [0.717, 1.165) is 12.1 Å². The number of hydrogen-bond donors (Lipinski definition) is 1. The van der Waals surface area contributed by atoms with Gasteiger partial charge in [-0.15, -0.1) is 23.2 Å². The Morgan fingerprint density at radius 2 is 1.80 bits per heavy atom. The second-order valence-corrected chi connectivity index (χ2v) is 5.18. The molecule has 2 nitrogen and oxygen atoms in total. The molecule has 0 fully saturated rings. The highest BCUT2D eigenvalue weighted by Crippen LogP contribution is 2.36. The van der Waals surface area contributed by atoms with Crippen molar-refractivity contribution in [2.24, 2.45) is 5.92 Å². The van der Waals surface area contributed by atoms with Crippen molar-refractivity contribution in [3.8, 4) is 0 Å². The highest BCUT2D eigenvalue weighted by Gasteiger charge is 2.34. The maximum atomic E-state index is 12.7. The number of carbonyl (C=O) groups is 1. The van der Waals surface area contributed by atoms with Crippen LogP contribution in [0.3, 0.4) is 0 Å². The molecule has 1 aromatic rings. The predicted molar refractivity (Wildman–Crippen MR) is 71.8 cm³/mol. The van der Waals surface area contributed by atoms with Gasteiger partial charge in [0.15, 0.2) is 0 Å². The van der Waals surface area contributed by atoms with E-state index < -0.39 is 29.5 Å². The van der Waals surface area contributed by atoms with Gasteiger partial charge >= 0.3 is 12.1 Å². The van der Waals surface area contributed by atoms with Crippen LogP contribution in [0.25, 0.3) is 0 Å². The summed E-state index contributed by atoms with van der Waals surface area (Å²) in [5.74, 6) is -3.61. The minimum absolute atomic E-state index is 0.105. The summed E-state index contributed by atoms with van der Waals surface area (Å²) in [6.07, 6.45) is -4.57. The highest BCUT2D eigenvalue weighted by atomic mass is 35.5. The van der Waals surface area contributed by atoms with Crippen LogP contribution in [-0.2, 0) is 11.0 Å². The number of hydrogen-bond acceptors (Lipinski definition) is 1. The first-order valence-electron chi connectivity index (χ1n) is 5.43. The predicted octanol–water partition coefficient (Wildman–Crippen LogP) is 4.62. The summed E-state index contributed by atoms with van der Waals surface area (Å²) >= 11 is 16.9. The number of benzene rings is 1. The molecular formula is C12H10Cl3F3O2. The molecule has 20 heavy (non-hydrogen) atoms. The zero-order valence-corrected chi connectivity index (χ0v) is 12.2. The van der Waals surface area contributed by atoms with Crippen molar-refractivity contribution in [3.05, 3.63) is 34.3 Å². The molecule has 0 aliphatic rings. The van der Waals surface area contributed by atoms with Crippen molar-refractivity contribution in [1.29, 1.82) is 0 Å². The van der Waals surface area contributed by atoms with E-state index in [1.54, 1.807) is 0 Å². The Morgan fingerprint density at radius 3 is 2.20 bits per heavy atom. The SMILES string of the molecule is O=C(O)C(CCl)C(CCl)c1cc(Cl)cc(C(F)(F)F)c1. The second kappa shape index (κ2) is 6.87. The van der Waals surface area contributed by atoms with Crippen LogP contribution in [0.2, 0.25) is 5.02 Å². The minimum atomic E-state index is -4.57. The molecule has 0 radical (unpaired) electrons. The zero-order valence-electron chi connectivity index (χ0n) is 9.92. The Kier molecular flexibility index (Phi) is 5.98. The van der Waals surface area contributed by atoms with Crippen LogP contribution < -0.4 is 0 Å². The lowest BCUT2D eigenvalue weighted by Crippen LogP contribution is -2.25. The molecule has 2 unspecified atom stereocenters. The molecule has 112 valence electrons. The Morgan fingerprint density at radius 1 is 1.20 bits per heavy atom. The molecule has 0 saturated carbocycles. The van der Waals surface area contributed by atoms with Crippen molar-refractivity contribution in [3.63, 3.8) is 0 Å². The van der Waals surface area contributed by atoms with Gasteiger partial charge in [0.05, 0.1) is 11.5 Å². The lowest BCUT2D eigenvalue weighted by Gasteiger charge is -2.21. The van der Waals surface area contributed by atoms with Gasteiger partial charge in [-0.25, -0.2) is 0 Å². The number of rotatable bonds is 5. The lowest BCUT2D eigenvalue weighted by atomic mass is 9.88. The molecule has 0 bridgehead atoms. The van der Waals surface area contributed by atoms with Crippen LogP contribution in [0.5, 0.6) is 0 Å². The molecular weight excluding hydrogens is 339 g/mol. The quantitative estimate of drug-likeness (QED) is 0.788. The fraction of sp³-hybridized carbons (Fsp3) is 0.417. The molecule has 0 aliphatic carbocycles. The van der Waals surface area contributed by atoms with Gasteiger partial charge < -0.3 is 5.11 Å². The molecule has 0 heterocycles. The summed E-state index contributed by atoms with van der Waals surface area (Å²) in [6, 6.07) is 2.89. The fourth-order valence-electron chi connectivity index (χ4n) is 1.76. The zero-order chi connectivity index (χ0) is 15.5. The molecule has 8 heteroatoms. The van der Waals surface area contributed by atoms with E-state index in [1.807, 2.05) is 0 Å². The van der Waals surface area contributed by atoms with E-state index in [4.69, 9.17) is 39.9 Å². The third-order valence-electron chi connectivity index (χ3n) is 2.81. The lowest BCUT2D eigenvalue weighted by molar-refractivity contribution is -0.141. The average Bonchev–Trinajstić information content (AvgIpc) is 2.33. The van der Waals surface area contributed by atoms with Crippen LogP contribution in [0.15, 0.2) is 18.2 Å². The van der Waals surface area contributed by atoms with E-state index in [9.17, 15) is 18.0 Å². The van der Waals surface area contributed by atoms with Gasteiger partial charge in [-0.3, -0.25) is 4.79 Å². The monoisotopic (exact) mass is 348 g/mol. The van der Waals surface area contributed by atoms with Gasteiger partial charge in [-0.05, 0) is 23.8 Å². The van der Waals surface area contributed by atoms with E-state index in [2.05, 4.69) is 0 Å². The van der Waals surface area contributed by atoms with E-state index in [0.29, 0.717) is 0 Å². The summed E-state index contributed by atoms with van der Waals surface area (Å²) in [4.78, 5) is 11.1. The van der Waals surface area contributed by atoms with Gasteiger partial charge in [0.1, 0.15) is 0 Å². The fourth-order valence-corrected chi connectivity index (χ4v) is 2.75. The Hall–Kier alpha value is -0.650. The van der Waals surface area contributed by atoms with Crippen molar-refractivity contribution >= 4 is 40.8 Å². The molecule has 0 aromatic heterocycles. The summed E-state index contributed by atoms with van der Waals surface area (Å²) < 4.78 is 38.2. The first-order valence-corrected chi connectivity index (χ1v) is 6.87. The van der Waals surface area contributed by atoms with Crippen molar-refractivity contribution in [1.82, 2.24) is 0 Å². The van der Waals surface area contributed by atoms with Crippen molar-refractivity contribution < 1.29 is 23.1 Å². The molecule has 0 saturated heterocycles. The van der Waals surface area contributed by atoms with Crippen LogP contribution in [0.1, 0.15) is 17.0 Å². The van der Waals surface area contributed by atoms with E-state index in [1.165, 1.54) is 6.07 Å². The van der Waals surface area contributed by atoms with Crippen LogP contribution in [0.4, 0.5) is 13.2 Å². The number of alkyl halides is 5. The Labute approximate surface area is 128 Å². The molecule has 1 rings (SSSR count). The molecule has 0 aliphatic heterocycles. The molecule has 0 amide bonds. The third kappa shape index (κ3) is 4.17. The van der Waals surface area contributed by atoms with Crippen molar-refractivity contribution in [2.75, 3.05) is 11.8 Å². The summed E-state index contributed by atoms with van der Waals surface area (Å²) in [5.41, 5.74) is -0.846. The number of carboxylic acid groups (broad SMARTS) is 1. The van der Waals surface area contributed by atoms with Gasteiger partial charge in [-0.1, -0.05) is 11.6 Å². The molecule has 2 atom stereocenters. The maximum absolute atomic E-state index is 12.7. The molecule has 1 aromatic carbocycles. The van der Waals surface area contributed by atoms with Gasteiger partial charge in [0, 0.05) is 22.7 Å². The minimum Gasteiger partial charge on any atom is -0.481 e. The molecule has 0 spiro atoms. The normalized spacial score (nSPS) is 14.9. The summed E-state index contributed by atoms with van der Waals surface area (Å²) in [6.45, 7) is 0. The van der Waals surface area contributed by atoms with E-state index in [-0.39, 0.29) is 22.3 Å². The van der Waals surface area contributed by atoms with Gasteiger partial charge in [-0.2, -0.15) is 13.2 Å². The summed E-state index contributed by atoms with van der Waals surface area (Å²) in [5, 5.41) is 8.90. The number of carboxylic acids is 1. The maximum Gasteiger partial charge on any atom is 0.416 e. The Balaban J connectivity index is 3.29. The van der Waals surface area contributed by atoms with E-state index >= 15 is 0 Å². The first-order chi connectivity index (χ1) is 9.20. The largest absolute Gasteiger partial charge is 0.481 e. The Bertz CT molecular complexity index is 491. The third-order valence-corrected chi connectivity index (χ3v) is 3.69. The first kappa shape index (κ1) is 17.4. The number of aliphatic carboxylic acids is 1.